The van der Waals surface area contributed by atoms with Crippen molar-refractivity contribution in [2.45, 2.75) is 29.8 Å². The molecule has 2 N–H and O–H groups in total. The van der Waals surface area contributed by atoms with Gasteiger partial charge in [-0.3, -0.25) is 9.59 Å². The maximum Gasteiger partial charge on any atom is 0.305 e. The fourth-order valence-electron chi connectivity index (χ4n) is 3.15. The number of sulfonamides is 1. The molecule has 7 nitrogen and oxygen atoms in total. The predicted molar refractivity (Wildman–Crippen MR) is 113 cm³/mol. The SMILES string of the molecule is O=C(O)C[C@@H](NC(=O)[C@@H]1CCN1S(=O)(=O)c1cc(Cl)cc(Cl)c1)c1ccc(Cl)c(F)c1. The number of carbonyl (C=O) groups excluding carboxylic acids is 1. The van der Waals surface area contributed by atoms with Crippen molar-refractivity contribution in [3.8, 4) is 0 Å². The number of rotatable bonds is 7. The largest absolute Gasteiger partial charge is 0.481 e. The van der Waals surface area contributed by atoms with Gasteiger partial charge in [-0.2, -0.15) is 4.31 Å². The lowest BCUT2D eigenvalue weighted by Gasteiger charge is -2.39. The van der Waals surface area contributed by atoms with Crippen LogP contribution in [0.4, 0.5) is 4.39 Å². The molecule has 1 aliphatic heterocycles. The predicted octanol–water partition coefficient (Wildman–Crippen LogP) is 3.88. The lowest BCUT2D eigenvalue weighted by molar-refractivity contribution is -0.138. The molecule has 1 fully saturated rings. The monoisotopic (exact) mass is 508 g/mol. The highest BCUT2D eigenvalue weighted by molar-refractivity contribution is 7.89. The van der Waals surface area contributed by atoms with Gasteiger partial charge in [0.05, 0.1) is 22.4 Å². The highest BCUT2D eigenvalue weighted by Crippen LogP contribution is 2.31. The van der Waals surface area contributed by atoms with Gasteiger partial charge in [-0.05, 0) is 42.3 Å². The summed E-state index contributed by atoms with van der Waals surface area (Å²) in [7, 11) is -4.07. The van der Waals surface area contributed by atoms with Crippen LogP contribution >= 0.6 is 34.8 Å². The number of amides is 1. The van der Waals surface area contributed by atoms with Gasteiger partial charge in [0.1, 0.15) is 11.9 Å². The molecule has 2 aromatic carbocycles. The van der Waals surface area contributed by atoms with Gasteiger partial charge in [-0.25, -0.2) is 12.8 Å². The molecule has 1 aliphatic rings. The van der Waals surface area contributed by atoms with Crippen molar-refractivity contribution in [2.24, 2.45) is 0 Å². The maximum absolute atomic E-state index is 13.8. The highest BCUT2D eigenvalue weighted by atomic mass is 35.5. The molecule has 3 rings (SSSR count). The molecule has 0 aromatic heterocycles. The third-order valence-corrected chi connectivity index (χ3v) is 7.39. The van der Waals surface area contributed by atoms with E-state index in [4.69, 9.17) is 34.8 Å². The fraction of sp³-hybridized carbons (Fsp3) is 0.263. The second-order valence-corrected chi connectivity index (χ2v) is 10.0. The first-order valence-electron chi connectivity index (χ1n) is 8.94. The molecule has 31 heavy (non-hydrogen) atoms. The number of nitrogens with one attached hydrogen (secondary N) is 1. The van der Waals surface area contributed by atoms with Crippen LogP contribution in [0, 0.1) is 5.82 Å². The third kappa shape index (κ3) is 5.30. The minimum Gasteiger partial charge on any atom is -0.481 e. The molecule has 0 spiro atoms. The molecular weight excluding hydrogens is 494 g/mol. The van der Waals surface area contributed by atoms with Crippen LogP contribution in [0.3, 0.4) is 0 Å². The molecule has 0 unspecified atom stereocenters. The van der Waals surface area contributed by atoms with E-state index in [2.05, 4.69) is 5.32 Å². The lowest BCUT2D eigenvalue weighted by atomic mass is 10.0. The van der Waals surface area contributed by atoms with E-state index >= 15 is 0 Å². The standard InChI is InChI=1S/C19H16Cl3FN2O5S/c20-11-6-12(21)8-13(7-11)31(29,30)25-4-3-17(25)19(28)24-16(9-18(26)27)10-1-2-14(22)15(23)5-10/h1-2,5-8,16-17H,3-4,9H2,(H,24,28)(H,26,27)/t16-,17+/m1/s1. The molecule has 0 bridgehead atoms. The van der Waals surface area contributed by atoms with E-state index in [9.17, 15) is 27.5 Å². The number of hydrogen-bond donors (Lipinski definition) is 2. The van der Waals surface area contributed by atoms with Crippen molar-refractivity contribution in [3.63, 3.8) is 0 Å². The number of aliphatic carboxylic acids is 1. The summed E-state index contributed by atoms with van der Waals surface area (Å²) in [6, 6.07) is 5.35. The van der Waals surface area contributed by atoms with Crippen LogP contribution in [-0.4, -0.2) is 42.3 Å². The van der Waals surface area contributed by atoms with Gasteiger partial charge in [0.2, 0.25) is 15.9 Å². The maximum atomic E-state index is 13.8. The Balaban J connectivity index is 1.82. The number of hydrogen-bond acceptors (Lipinski definition) is 4. The van der Waals surface area contributed by atoms with E-state index in [-0.39, 0.29) is 38.5 Å². The summed E-state index contributed by atoms with van der Waals surface area (Å²) in [5, 5.41) is 11.8. The number of halogens is 4. The number of carbonyl (C=O) groups is 2. The first-order valence-corrected chi connectivity index (χ1v) is 11.5. The summed E-state index contributed by atoms with van der Waals surface area (Å²) in [6.45, 7) is 0.0870. The van der Waals surface area contributed by atoms with E-state index < -0.39 is 46.2 Å². The van der Waals surface area contributed by atoms with Crippen molar-refractivity contribution in [3.05, 3.63) is 62.8 Å². The molecule has 166 valence electrons. The molecule has 0 aliphatic carbocycles. The third-order valence-electron chi connectivity index (χ3n) is 4.76. The van der Waals surface area contributed by atoms with Crippen LogP contribution in [0.2, 0.25) is 15.1 Å². The zero-order valence-electron chi connectivity index (χ0n) is 15.7. The van der Waals surface area contributed by atoms with E-state index in [1.807, 2.05) is 0 Å². The second-order valence-electron chi connectivity index (χ2n) is 6.86. The quantitative estimate of drug-likeness (QED) is 0.589. The second kappa shape index (κ2) is 9.30. The van der Waals surface area contributed by atoms with Gasteiger partial charge < -0.3 is 10.4 Å². The molecule has 1 saturated heterocycles. The van der Waals surface area contributed by atoms with Gasteiger partial charge in [-0.1, -0.05) is 40.9 Å². The summed E-state index contributed by atoms with van der Waals surface area (Å²) in [6.07, 6.45) is -0.301. The Morgan fingerprint density at radius 2 is 1.81 bits per heavy atom. The summed E-state index contributed by atoms with van der Waals surface area (Å²) in [5.41, 5.74) is 0.188. The zero-order chi connectivity index (χ0) is 22.9. The molecule has 12 heteroatoms. The first kappa shape index (κ1) is 23.7. The average molecular weight is 510 g/mol. The summed E-state index contributed by atoms with van der Waals surface area (Å²) in [4.78, 5) is 23.9. The van der Waals surface area contributed by atoms with Crippen LogP contribution < -0.4 is 5.32 Å². The molecule has 1 amide bonds. The molecule has 1 heterocycles. The van der Waals surface area contributed by atoms with Crippen LogP contribution in [0.1, 0.15) is 24.4 Å². The smallest absolute Gasteiger partial charge is 0.305 e. The van der Waals surface area contributed by atoms with Gasteiger partial charge >= 0.3 is 5.97 Å². The van der Waals surface area contributed by atoms with E-state index in [1.165, 1.54) is 30.3 Å². The minimum atomic E-state index is -4.07. The number of carboxylic acid groups (broad SMARTS) is 1. The van der Waals surface area contributed by atoms with Gasteiger partial charge in [0, 0.05) is 16.6 Å². The average Bonchev–Trinajstić information content (AvgIpc) is 2.61. The molecule has 0 saturated carbocycles. The molecule has 2 atom stereocenters. The lowest BCUT2D eigenvalue weighted by Crippen LogP contribution is -2.58. The summed E-state index contributed by atoms with van der Waals surface area (Å²) >= 11 is 17.4. The Bertz CT molecular complexity index is 1130. The Morgan fingerprint density at radius 1 is 1.16 bits per heavy atom. The van der Waals surface area contributed by atoms with Gasteiger partial charge in [-0.15, -0.1) is 0 Å². The van der Waals surface area contributed by atoms with Crippen molar-refractivity contribution < 1.29 is 27.5 Å². The topological polar surface area (TPSA) is 104 Å². The Kier molecular flexibility index (Phi) is 7.12. The van der Waals surface area contributed by atoms with Crippen LogP contribution in [0.25, 0.3) is 0 Å². The number of carboxylic acids is 1. The summed E-state index contributed by atoms with van der Waals surface area (Å²) < 4.78 is 40.6. The van der Waals surface area contributed by atoms with Gasteiger partial charge in [0.15, 0.2) is 0 Å². The minimum absolute atomic E-state index is 0.0870. The molecular formula is C19H16Cl3FN2O5S. The zero-order valence-corrected chi connectivity index (χ0v) is 18.8. The fourth-order valence-corrected chi connectivity index (χ4v) is 5.63. The van der Waals surface area contributed by atoms with Crippen molar-refractivity contribution >= 4 is 56.7 Å². The number of nitrogens with zero attached hydrogens (tertiary/aromatic N) is 1. The van der Waals surface area contributed by atoms with Crippen molar-refractivity contribution in [1.82, 2.24) is 9.62 Å². The Labute approximate surface area is 192 Å². The molecule has 2 aromatic rings. The van der Waals surface area contributed by atoms with Crippen LogP contribution in [0.15, 0.2) is 41.3 Å². The number of benzene rings is 2. The first-order chi connectivity index (χ1) is 14.5. The molecule has 0 radical (unpaired) electrons. The highest BCUT2D eigenvalue weighted by Gasteiger charge is 2.43. The summed E-state index contributed by atoms with van der Waals surface area (Å²) in [5.74, 6) is -2.70. The Hall–Kier alpha value is -1.91. The Morgan fingerprint density at radius 3 is 2.32 bits per heavy atom. The normalized spacial score (nSPS) is 17.6. The van der Waals surface area contributed by atoms with Crippen molar-refractivity contribution in [1.29, 1.82) is 0 Å². The van der Waals surface area contributed by atoms with E-state index in [0.29, 0.717) is 0 Å². The van der Waals surface area contributed by atoms with Crippen LogP contribution in [-0.2, 0) is 19.6 Å². The van der Waals surface area contributed by atoms with Gasteiger partial charge in [0.25, 0.3) is 0 Å². The van der Waals surface area contributed by atoms with E-state index in [0.717, 1.165) is 10.4 Å². The van der Waals surface area contributed by atoms with Crippen LogP contribution in [0.5, 0.6) is 0 Å². The van der Waals surface area contributed by atoms with E-state index in [1.54, 1.807) is 0 Å². The van der Waals surface area contributed by atoms with Crippen molar-refractivity contribution in [2.75, 3.05) is 6.54 Å².